The molecular formula is C35H36Cl2N6O12S2. The number of aryl methyl sites for hydroxylation is 2. The fourth-order valence-electron chi connectivity index (χ4n) is 5.42. The van der Waals surface area contributed by atoms with Gasteiger partial charge in [0.1, 0.15) is 24.6 Å². The molecule has 304 valence electrons. The van der Waals surface area contributed by atoms with Crippen molar-refractivity contribution >= 4 is 77.8 Å². The summed E-state index contributed by atoms with van der Waals surface area (Å²) >= 11 is 12.4. The maximum Gasteiger partial charge on any atom is 0.273 e. The maximum atomic E-state index is 14.0. The molecule has 0 saturated heterocycles. The molecular weight excluding hydrogens is 831 g/mol. The van der Waals surface area contributed by atoms with Crippen LogP contribution in [0.2, 0.25) is 10.0 Å². The van der Waals surface area contributed by atoms with Crippen molar-refractivity contribution in [2.75, 3.05) is 42.5 Å². The standard InChI is InChI=1S/C35H36Cl2N6O12S2/c1-21-6-10-26(16-28(21)42(46)47)56(50,51)40(30-14-24(36)8-12-32(30)54-4)19-34(44)38-18-23(3)39-35(45)20-41(31-15-25(37)9-13-33(31)55-5)57(52,53)27-11-7-22(2)29(17-27)43(48)49/h6-17,23H,18-20H2,1-5H3,(H,38,44)(H,39,45)/t23-/m1/s1. The predicted octanol–water partition coefficient (Wildman–Crippen LogP) is 5.16. The number of nitro groups is 2. The third-order valence-electron chi connectivity index (χ3n) is 8.34. The fourth-order valence-corrected chi connectivity index (χ4v) is 8.64. The Balaban J connectivity index is 1.58. The van der Waals surface area contributed by atoms with Crippen molar-refractivity contribution in [3.63, 3.8) is 0 Å². The van der Waals surface area contributed by atoms with Gasteiger partial charge in [-0.15, -0.1) is 0 Å². The number of hydrogen-bond acceptors (Lipinski definition) is 12. The number of nitrogens with zero attached hydrogens (tertiary/aromatic N) is 4. The van der Waals surface area contributed by atoms with Crippen molar-refractivity contribution < 1.29 is 45.7 Å². The summed E-state index contributed by atoms with van der Waals surface area (Å²) in [6.45, 7) is 2.30. The molecule has 18 nitrogen and oxygen atoms in total. The highest BCUT2D eigenvalue weighted by molar-refractivity contribution is 7.93. The van der Waals surface area contributed by atoms with E-state index in [4.69, 9.17) is 32.7 Å². The topological polar surface area (TPSA) is 238 Å². The molecule has 4 rings (SSSR count). The molecule has 0 aliphatic carbocycles. The minimum absolute atomic E-state index is 0.00813. The van der Waals surface area contributed by atoms with E-state index < -0.39 is 82.0 Å². The quantitative estimate of drug-likeness (QED) is 0.103. The number of nitrogens with one attached hydrogen (secondary N) is 2. The van der Waals surface area contributed by atoms with Crippen LogP contribution in [-0.4, -0.2) is 78.4 Å². The lowest BCUT2D eigenvalue weighted by atomic mass is 10.2. The molecule has 1 atom stereocenters. The van der Waals surface area contributed by atoms with Gasteiger partial charge in [-0.2, -0.15) is 0 Å². The minimum Gasteiger partial charge on any atom is -0.495 e. The molecule has 4 aromatic carbocycles. The van der Waals surface area contributed by atoms with Gasteiger partial charge in [0.15, 0.2) is 0 Å². The molecule has 0 unspecified atom stereocenters. The van der Waals surface area contributed by atoms with Crippen LogP contribution in [0.4, 0.5) is 22.7 Å². The van der Waals surface area contributed by atoms with E-state index in [0.29, 0.717) is 8.61 Å². The lowest BCUT2D eigenvalue weighted by Crippen LogP contribution is -2.48. The van der Waals surface area contributed by atoms with Gasteiger partial charge in [-0.3, -0.25) is 38.4 Å². The smallest absolute Gasteiger partial charge is 0.273 e. The molecule has 0 aliphatic heterocycles. The summed E-state index contributed by atoms with van der Waals surface area (Å²) < 4.78 is 68.1. The van der Waals surface area contributed by atoms with Crippen LogP contribution in [-0.2, 0) is 29.6 Å². The van der Waals surface area contributed by atoms with E-state index >= 15 is 0 Å². The number of hydrogen-bond donors (Lipinski definition) is 2. The largest absolute Gasteiger partial charge is 0.495 e. The first-order chi connectivity index (χ1) is 26.7. The summed E-state index contributed by atoms with van der Waals surface area (Å²) in [5, 5.41) is 28.5. The normalized spacial score (nSPS) is 11.9. The SMILES string of the molecule is COc1ccc(Cl)cc1N(CC(=O)NC[C@@H](C)NC(=O)CN(c1cc(Cl)ccc1OC)S(=O)(=O)c1ccc(C)c([N+](=O)[O-])c1)S(=O)(=O)c1ccc(C)c([N+](=O)[O-])c1. The fraction of sp³-hybridized carbons (Fsp3) is 0.257. The average molecular weight is 868 g/mol. The predicted molar refractivity (Wildman–Crippen MR) is 211 cm³/mol. The minimum atomic E-state index is -4.69. The molecule has 2 N–H and O–H groups in total. The number of sulfonamides is 2. The van der Waals surface area contributed by atoms with E-state index in [1.165, 1.54) is 83.5 Å². The maximum absolute atomic E-state index is 14.0. The molecule has 2 amide bonds. The second-order valence-corrected chi connectivity index (χ2v) is 16.9. The molecule has 0 bridgehead atoms. The monoisotopic (exact) mass is 866 g/mol. The van der Waals surface area contributed by atoms with E-state index in [-0.39, 0.29) is 50.6 Å². The van der Waals surface area contributed by atoms with Gasteiger partial charge in [-0.1, -0.05) is 35.3 Å². The van der Waals surface area contributed by atoms with Crippen LogP contribution in [0.3, 0.4) is 0 Å². The third-order valence-corrected chi connectivity index (χ3v) is 12.3. The number of methoxy groups -OCH3 is 2. The molecule has 4 aromatic rings. The van der Waals surface area contributed by atoms with Crippen LogP contribution in [0.5, 0.6) is 11.5 Å². The Bertz CT molecular complexity index is 2450. The second kappa shape index (κ2) is 18.0. The second-order valence-electron chi connectivity index (χ2n) is 12.3. The third kappa shape index (κ3) is 10.2. The number of anilines is 2. The van der Waals surface area contributed by atoms with Gasteiger partial charge in [-0.05, 0) is 69.3 Å². The van der Waals surface area contributed by atoms with Gasteiger partial charge in [0.2, 0.25) is 11.8 Å². The van der Waals surface area contributed by atoms with Crippen molar-refractivity contribution in [2.24, 2.45) is 0 Å². The van der Waals surface area contributed by atoms with Crippen LogP contribution >= 0.6 is 23.2 Å². The molecule has 0 saturated carbocycles. The first-order valence-corrected chi connectivity index (χ1v) is 20.1. The van der Waals surface area contributed by atoms with E-state index in [9.17, 15) is 46.7 Å². The molecule has 57 heavy (non-hydrogen) atoms. The number of carbonyl (C=O) groups is 2. The molecule has 0 fully saturated rings. The summed E-state index contributed by atoms with van der Waals surface area (Å²) in [4.78, 5) is 47.6. The summed E-state index contributed by atoms with van der Waals surface area (Å²) in [5.41, 5.74) is -0.841. The lowest BCUT2D eigenvalue weighted by molar-refractivity contribution is -0.385. The summed E-state index contributed by atoms with van der Waals surface area (Å²) in [6, 6.07) is 13.7. The Hall–Kier alpha value is -5.70. The Morgan fingerprint density at radius 1 is 0.702 bits per heavy atom. The highest BCUT2D eigenvalue weighted by Crippen LogP contribution is 2.37. The number of nitro benzene ring substituents is 2. The van der Waals surface area contributed by atoms with Gasteiger partial charge in [-0.25, -0.2) is 16.8 Å². The van der Waals surface area contributed by atoms with Crippen LogP contribution in [0.25, 0.3) is 0 Å². The highest BCUT2D eigenvalue weighted by atomic mass is 35.5. The molecule has 22 heteroatoms. The van der Waals surface area contributed by atoms with Crippen LogP contribution in [0, 0.1) is 34.1 Å². The number of ether oxygens (including phenoxy) is 2. The van der Waals surface area contributed by atoms with E-state index in [2.05, 4.69) is 10.6 Å². The Morgan fingerprint density at radius 2 is 1.11 bits per heavy atom. The van der Waals surface area contributed by atoms with Crippen molar-refractivity contribution in [1.29, 1.82) is 0 Å². The van der Waals surface area contributed by atoms with Crippen molar-refractivity contribution in [1.82, 2.24) is 10.6 Å². The zero-order valence-electron chi connectivity index (χ0n) is 30.9. The zero-order chi connectivity index (χ0) is 42.4. The van der Waals surface area contributed by atoms with Crippen molar-refractivity contribution in [3.8, 4) is 11.5 Å². The molecule has 0 spiro atoms. The molecule has 0 heterocycles. The van der Waals surface area contributed by atoms with E-state index in [1.807, 2.05) is 0 Å². The summed E-state index contributed by atoms with van der Waals surface area (Å²) in [7, 11) is -6.85. The number of benzene rings is 4. The van der Waals surface area contributed by atoms with E-state index in [0.717, 1.165) is 24.3 Å². The average Bonchev–Trinajstić information content (AvgIpc) is 3.14. The van der Waals surface area contributed by atoms with Crippen LogP contribution < -0.4 is 28.7 Å². The zero-order valence-corrected chi connectivity index (χ0v) is 34.0. The summed E-state index contributed by atoms with van der Waals surface area (Å²) in [5.74, 6) is -1.74. The molecule has 0 aliphatic rings. The molecule has 0 aromatic heterocycles. The van der Waals surface area contributed by atoms with Gasteiger partial charge in [0.05, 0.1) is 45.2 Å². The van der Waals surface area contributed by atoms with Crippen molar-refractivity contribution in [3.05, 3.63) is 114 Å². The number of amides is 2. The van der Waals surface area contributed by atoms with E-state index in [1.54, 1.807) is 0 Å². The molecule has 0 radical (unpaired) electrons. The van der Waals surface area contributed by atoms with Crippen LogP contribution in [0.15, 0.2) is 82.6 Å². The van der Waals surface area contributed by atoms with Gasteiger partial charge in [0.25, 0.3) is 31.4 Å². The lowest BCUT2D eigenvalue weighted by Gasteiger charge is -2.27. The van der Waals surface area contributed by atoms with Gasteiger partial charge >= 0.3 is 0 Å². The highest BCUT2D eigenvalue weighted by Gasteiger charge is 2.33. The van der Waals surface area contributed by atoms with Crippen molar-refractivity contribution in [2.45, 2.75) is 36.6 Å². The summed E-state index contributed by atoms with van der Waals surface area (Å²) in [6.07, 6.45) is 0. The Kier molecular flexibility index (Phi) is 13.9. The Morgan fingerprint density at radius 3 is 1.49 bits per heavy atom. The first-order valence-electron chi connectivity index (χ1n) is 16.5. The Labute approximate surface area is 337 Å². The number of carbonyl (C=O) groups excluding carboxylic acids is 2. The van der Waals surface area contributed by atoms with Gasteiger partial charge < -0.3 is 20.1 Å². The van der Waals surface area contributed by atoms with Crippen LogP contribution in [0.1, 0.15) is 18.1 Å². The number of halogens is 2. The van der Waals surface area contributed by atoms with Gasteiger partial charge in [0, 0.05) is 45.9 Å². The number of rotatable bonds is 17. The first kappa shape index (κ1) is 44.0.